The van der Waals surface area contributed by atoms with Gasteiger partial charge in [-0.25, -0.2) is 4.79 Å². The van der Waals surface area contributed by atoms with Gasteiger partial charge in [0.15, 0.2) is 5.69 Å². The van der Waals surface area contributed by atoms with Crippen molar-refractivity contribution >= 4 is 22.8 Å². The maximum Gasteiger partial charge on any atom is 0.326 e. The summed E-state index contributed by atoms with van der Waals surface area (Å²) in [5, 5.41) is 17.3. The number of para-hydroxylation sites is 1. The van der Waals surface area contributed by atoms with Crippen LogP contribution >= 0.6 is 0 Å². The predicted molar refractivity (Wildman–Crippen MR) is 100 cm³/mol. The lowest BCUT2D eigenvalue weighted by Gasteiger charge is -2.21. The molecule has 0 spiro atoms. The number of carboxylic acids is 1. The third kappa shape index (κ3) is 3.89. The van der Waals surface area contributed by atoms with E-state index in [1.54, 1.807) is 13.8 Å². The molecular formula is C20H27N3O3. The molecule has 0 radical (unpaired) electrons. The number of amides is 1. The lowest BCUT2D eigenvalue weighted by Crippen LogP contribution is -2.44. The Balaban J connectivity index is 1.88. The zero-order valence-corrected chi connectivity index (χ0v) is 15.4. The van der Waals surface area contributed by atoms with Gasteiger partial charge in [-0.3, -0.25) is 9.48 Å². The Morgan fingerprint density at radius 1 is 1.23 bits per heavy atom. The number of benzene rings is 1. The fourth-order valence-electron chi connectivity index (χ4n) is 3.77. The number of carbonyl (C=O) groups excluding carboxylic acids is 1. The molecular weight excluding hydrogens is 330 g/mol. The van der Waals surface area contributed by atoms with E-state index in [2.05, 4.69) is 10.4 Å². The highest BCUT2D eigenvalue weighted by Gasteiger charge is 2.27. The SMILES string of the molecule is CC(C)[C@H](NC(=O)c1nn(CC2CCCCC2)c2ccccc12)C(=O)O. The topological polar surface area (TPSA) is 84.2 Å². The lowest BCUT2D eigenvalue weighted by molar-refractivity contribution is -0.140. The van der Waals surface area contributed by atoms with E-state index in [0.717, 1.165) is 17.4 Å². The normalized spacial score (nSPS) is 16.7. The molecule has 1 amide bonds. The molecule has 1 atom stereocenters. The molecule has 1 aliphatic carbocycles. The Morgan fingerprint density at radius 2 is 1.92 bits per heavy atom. The van der Waals surface area contributed by atoms with Gasteiger partial charge in [0.05, 0.1) is 5.52 Å². The summed E-state index contributed by atoms with van der Waals surface area (Å²) < 4.78 is 1.92. The summed E-state index contributed by atoms with van der Waals surface area (Å²) >= 11 is 0. The Labute approximate surface area is 153 Å². The van der Waals surface area contributed by atoms with Crippen molar-refractivity contribution in [1.29, 1.82) is 0 Å². The minimum absolute atomic E-state index is 0.202. The van der Waals surface area contributed by atoms with Gasteiger partial charge in [0, 0.05) is 11.9 Å². The molecule has 3 rings (SSSR count). The van der Waals surface area contributed by atoms with Crippen molar-refractivity contribution in [3.63, 3.8) is 0 Å². The van der Waals surface area contributed by atoms with Crippen LogP contribution in [0.25, 0.3) is 10.9 Å². The van der Waals surface area contributed by atoms with Crippen LogP contribution in [0.2, 0.25) is 0 Å². The average molecular weight is 357 g/mol. The van der Waals surface area contributed by atoms with E-state index in [9.17, 15) is 14.7 Å². The van der Waals surface area contributed by atoms with Gasteiger partial charge in [-0.2, -0.15) is 5.10 Å². The van der Waals surface area contributed by atoms with Gasteiger partial charge in [0.2, 0.25) is 0 Å². The lowest BCUT2D eigenvalue weighted by atomic mass is 9.89. The van der Waals surface area contributed by atoms with Crippen LogP contribution in [0.5, 0.6) is 0 Å². The first-order valence-electron chi connectivity index (χ1n) is 9.46. The Morgan fingerprint density at radius 3 is 2.58 bits per heavy atom. The fraction of sp³-hybridized carbons (Fsp3) is 0.550. The molecule has 2 N–H and O–H groups in total. The molecule has 1 saturated carbocycles. The molecule has 0 bridgehead atoms. The second kappa shape index (κ2) is 7.89. The van der Waals surface area contributed by atoms with E-state index < -0.39 is 17.9 Å². The maximum atomic E-state index is 12.7. The van der Waals surface area contributed by atoms with Crippen LogP contribution in [-0.4, -0.2) is 32.8 Å². The summed E-state index contributed by atoms with van der Waals surface area (Å²) in [6, 6.07) is 6.74. The molecule has 2 aromatic rings. The molecule has 26 heavy (non-hydrogen) atoms. The highest BCUT2D eigenvalue weighted by atomic mass is 16.4. The standard InChI is InChI=1S/C20H27N3O3/c1-13(2)17(20(25)26)21-19(24)18-15-10-6-7-11-16(15)23(22-18)12-14-8-4-3-5-9-14/h6-7,10-11,13-14,17H,3-5,8-9,12H2,1-2H3,(H,21,24)(H,25,26)/t17-/m0/s1. The monoisotopic (exact) mass is 357 g/mol. The average Bonchev–Trinajstić information content (AvgIpc) is 2.99. The summed E-state index contributed by atoms with van der Waals surface area (Å²) in [7, 11) is 0. The largest absolute Gasteiger partial charge is 0.480 e. The molecule has 1 aliphatic rings. The number of carboxylic acid groups (broad SMARTS) is 1. The minimum Gasteiger partial charge on any atom is -0.480 e. The van der Waals surface area contributed by atoms with Crippen LogP contribution in [0.4, 0.5) is 0 Å². The second-order valence-corrected chi connectivity index (χ2v) is 7.59. The zero-order chi connectivity index (χ0) is 18.7. The van der Waals surface area contributed by atoms with Gasteiger partial charge in [0.1, 0.15) is 6.04 Å². The van der Waals surface area contributed by atoms with E-state index in [0.29, 0.717) is 11.6 Å². The summed E-state index contributed by atoms with van der Waals surface area (Å²) in [5.41, 5.74) is 1.24. The molecule has 0 aliphatic heterocycles. The van der Waals surface area contributed by atoms with Gasteiger partial charge < -0.3 is 10.4 Å². The molecule has 6 nitrogen and oxygen atoms in total. The van der Waals surface area contributed by atoms with E-state index in [4.69, 9.17) is 0 Å². The summed E-state index contributed by atoms with van der Waals surface area (Å²) in [4.78, 5) is 24.1. The van der Waals surface area contributed by atoms with Crippen LogP contribution in [0, 0.1) is 11.8 Å². The number of fused-ring (bicyclic) bond motifs is 1. The van der Waals surface area contributed by atoms with Gasteiger partial charge in [0.25, 0.3) is 5.91 Å². The first-order valence-corrected chi connectivity index (χ1v) is 9.46. The van der Waals surface area contributed by atoms with Crippen molar-refractivity contribution in [3.05, 3.63) is 30.0 Å². The van der Waals surface area contributed by atoms with E-state index in [1.807, 2.05) is 28.9 Å². The Bertz CT molecular complexity index is 791. The molecule has 0 saturated heterocycles. The van der Waals surface area contributed by atoms with Crippen LogP contribution in [-0.2, 0) is 11.3 Å². The van der Waals surface area contributed by atoms with Crippen molar-refractivity contribution in [1.82, 2.24) is 15.1 Å². The minimum atomic E-state index is -1.03. The first kappa shape index (κ1) is 18.4. The molecule has 0 unspecified atom stereocenters. The molecule has 1 heterocycles. The molecule has 1 aromatic heterocycles. The van der Waals surface area contributed by atoms with Gasteiger partial charge in [-0.05, 0) is 30.7 Å². The Hall–Kier alpha value is -2.37. The highest BCUT2D eigenvalue weighted by molar-refractivity contribution is 6.05. The van der Waals surface area contributed by atoms with Gasteiger partial charge in [-0.1, -0.05) is 51.3 Å². The highest BCUT2D eigenvalue weighted by Crippen LogP contribution is 2.27. The Kier molecular flexibility index (Phi) is 5.59. The molecule has 1 fully saturated rings. The quantitative estimate of drug-likeness (QED) is 0.829. The van der Waals surface area contributed by atoms with Crippen molar-refractivity contribution in [2.75, 3.05) is 0 Å². The van der Waals surface area contributed by atoms with Crippen LogP contribution in [0.1, 0.15) is 56.4 Å². The third-order valence-electron chi connectivity index (χ3n) is 5.25. The molecule has 6 heteroatoms. The van der Waals surface area contributed by atoms with Crippen molar-refractivity contribution in [2.24, 2.45) is 11.8 Å². The van der Waals surface area contributed by atoms with Crippen LogP contribution in [0.15, 0.2) is 24.3 Å². The van der Waals surface area contributed by atoms with Crippen LogP contribution in [0.3, 0.4) is 0 Å². The van der Waals surface area contributed by atoms with Gasteiger partial charge >= 0.3 is 5.97 Å². The second-order valence-electron chi connectivity index (χ2n) is 7.59. The first-order chi connectivity index (χ1) is 12.5. The summed E-state index contributed by atoms with van der Waals surface area (Å²) in [6.45, 7) is 4.36. The van der Waals surface area contributed by atoms with Gasteiger partial charge in [-0.15, -0.1) is 0 Å². The molecule has 1 aromatic carbocycles. The molecule has 140 valence electrons. The summed E-state index contributed by atoms with van der Waals surface area (Å²) in [6.07, 6.45) is 6.21. The number of hydrogen-bond acceptors (Lipinski definition) is 3. The number of aliphatic carboxylic acids is 1. The van der Waals surface area contributed by atoms with E-state index in [-0.39, 0.29) is 5.92 Å². The maximum absolute atomic E-state index is 12.7. The van der Waals surface area contributed by atoms with Crippen LogP contribution < -0.4 is 5.32 Å². The predicted octanol–water partition coefficient (Wildman–Crippen LogP) is 3.46. The number of hydrogen-bond donors (Lipinski definition) is 2. The van der Waals surface area contributed by atoms with Crippen molar-refractivity contribution in [2.45, 2.75) is 58.5 Å². The number of rotatable bonds is 6. The third-order valence-corrected chi connectivity index (χ3v) is 5.25. The number of nitrogens with one attached hydrogen (secondary N) is 1. The number of aromatic nitrogens is 2. The van der Waals surface area contributed by atoms with E-state index in [1.165, 1.54) is 32.1 Å². The van der Waals surface area contributed by atoms with Crippen molar-refractivity contribution < 1.29 is 14.7 Å². The number of carbonyl (C=O) groups is 2. The number of nitrogens with zero attached hydrogens (tertiary/aromatic N) is 2. The zero-order valence-electron chi connectivity index (χ0n) is 15.4. The van der Waals surface area contributed by atoms with Crippen molar-refractivity contribution in [3.8, 4) is 0 Å². The van der Waals surface area contributed by atoms with E-state index >= 15 is 0 Å². The smallest absolute Gasteiger partial charge is 0.326 e. The summed E-state index contributed by atoms with van der Waals surface area (Å²) in [5.74, 6) is -1.07. The fourth-order valence-corrected chi connectivity index (χ4v) is 3.77.